The van der Waals surface area contributed by atoms with Gasteiger partial charge in [-0.1, -0.05) is 6.07 Å². The molecule has 162 valence electrons. The molecular formula is C22H26F3N3O2. The molecule has 1 heterocycles. The van der Waals surface area contributed by atoms with Crippen LogP contribution in [0.2, 0.25) is 0 Å². The van der Waals surface area contributed by atoms with E-state index in [1.807, 2.05) is 23.1 Å². The summed E-state index contributed by atoms with van der Waals surface area (Å²) in [6, 6.07) is 11.1. The molecule has 1 aliphatic rings. The average molecular weight is 421 g/mol. The van der Waals surface area contributed by atoms with E-state index in [0.29, 0.717) is 18.8 Å². The van der Waals surface area contributed by atoms with Gasteiger partial charge in [-0.3, -0.25) is 9.69 Å². The normalized spacial score (nSPS) is 15.2. The Hall–Kier alpha value is -2.74. The molecule has 1 saturated heterocycles. The highest BCUT2D eigenvalue weighted by Crippen LogP contribution is 2.32. The number of amides is 1. The number of ether oxygens (including phenoxy) is 1. The lowest BCUT2D eigenvalue weighted by molar-refractivity contribution is -0.137. The SMILES string of the molecule is COc1ccc(NC(C)=O)c(CCN2CCN(c3cccc(C(F)(F)F)c3)CC2)c1. The molecule has 0 bridgehead atoms. The summed E-state index contributed by atoms with van der Waals surface area (Å²) in [6.07, 6.45) is -3.60. The lowest BCUT2D eigenvalue weighted by Crippen LogP contribution is -2.47. The monoisotopic (exact) mass is 421 g/mol. The van der Waals surface area contributed by atoms with E-state index in [1.54, 1.807) is 13.2 Å². The molecule has 0 unspecified atom stereocenters. The number of rotatable bonds is 6. The molecule has 30 heavy (non-hydrogen) atoms. The van der Waals surface area contributed by atoms with Crippen molar-refractivity contribution in [2.24, 2.45) is 0 Å². The summed E-state index contributed by atoms with van der Waals surface area (Å²) >= 11 is 0. The summed E-state index contributed by atoms with van der Waals surface area (Å²) in [5.41, 5.74) is 1.74. The van der Waals surface area contributed by atoms with Gasteiger partial charge in [-0.05, 0) is 48.4 Å². The first kappa shape index (κ1) is 22.0. The standard InChI is InChI=1S/C22H26F3N3O2/c1-16(29)26-21-7-6-20(30-2)14-17(21)8-9-27-10-12-28(13-11-27)19-5-3-4-18(15-19)22(23,24)25/h3-7,14-15H,8-13H2,1-2H3,(H,26,29). The van der Waals surface area contributed by atoms with E-state index >= 15 is 0 Å². The molecule has 3 rings (SSSR count). The number of methoxy groups -OCH3 is 1. The Kier molecular flexibility index (Phi) is 6.87. The molecular weight excluding hydrogens is 395 g/mol. The first-order valence-electron chi connectivity index (χ1n) is 9.85. The van der Waals surface area contributed by atoms with Gasteiger partial charge in [0.2, 0.25) is 5.91 Å². The number of piperazine rings is 1. The highest BCUT2D eigenvalue weighted by Gasteiger charge is 2.31. The second-order valence-electron chi connectivity index (χ2n) is 7.33. The lowest BCUT2D eigenvalue weighted by Gasteiger charge is -2.36. The Morgan fingerprint density at radius 1 is 1.10 bits per heavy atom. The zero-order valence-electron chi connectivity index (χ0n) is 17.1. The molecule has 0 aromatic heterocycles. The van der Waals surface area contributed by atoms with Crippen molar-refractivity contribution in [3.05, 3.63) is 53.6 Å². The largest absolute Gasteiger partial charge is 0.497 e. The number of benzene rings is 2. The van der Waals surface area contributed by atoms with E-state index in [4.69, 9.17) is 4.74 Å². The molecule has 0 saturated carbocycles. The van der Waals surface area contributed by atoms with Gasteiger partial charge in [0.1, 0.15) is 5.75 Å². The molecule has 5 nitrogen and oxygen atoms in total. The quantitative estimate of drug-likeness (QED) is 0.765. The fourth-order valence-electron chi connectivity index (χ4n) is 3.60. The van der Waals surface area contributed by atoms with Crippen LogP contribution in [0, 0.1) is 0 Å². The Labute approximate surface area is 174 Å². The number of nitrogens with zero attached hydrogens (tertiary/aromatic N) is 2. The number of halogens is 3. The van der Waals surface area contributed by atoms with Gasteiger partial charge in [-0.25, -0.2) is 0 Å². The van der Waals surface area contributed by atoms with Crippen molar-refractivity contribution in [2.45, 2.75) is 19.5 Å². The molecule has 1 aliphatic heterocycles. The van der Waals surface area contributed by atoms with Crippen molar-refractivity contribution < 1.29 is 22.7 Å². The van der Waals surface area contributed by atoms with Crippen LogP contribution in [-0.2, 0) is 17.4 Å². The fraction of sp³-hybridized carbons (Fsp3) is 0.409. The second kappa shape index (κ2) is 9.38. The molecule has 0 radical (unpaired) electrons. The minimum absolute atomic E-state index is 0.129. The number of nitrogens with one attached hydrogen (secondary N) is 1. The van der Waals surface area contributed by atoms with E-state index in [-0.39, 0.29) is 5.91 Å². The minimum atomic E-state index is -4.33. The number of hydrogen-bond acceptors (Lipinski definition) is 4. The molecule has 8 heteroatoms. The Morgan fingerprint density at radius 3 is 2.47 bits per heavy atom. The summed E-state index contributed by atoms with van der Waals surface area (Å²) in [5.74, 6) is 0.601. The third-order valence-corrected chi connectivity index (χ3v) is 5.23. The van der Waals surface area contributed by atoms with Crippen molar-refractivity contribution in [3.63, 3.8) is 0 Å². The van der Waals surface area contributed by atoms with E-state index in [2.05, 4.69) is 10.2 Å². The number of anilines is 2. The third kappa shape index (κ3) is 5.66. The second-order valence-corrected chi connectivity index (χ2v) is 7.33. The minimum Gasteiger partial charge on any atom is -0.497 e. The van der Waals surface area contributed by atoms with E-state index < -0.39 is 11.7 Å². The predicted octanol–water partition coefficient (Wildman–Crippen LogP) is 4.04. The van der Waals surface area contributed by atoms with Crippen LogP contribution in [-0.4, -0.2) is 50.6 Å². The highest BCUT2D eigenvalue weighted by molar-refractivity contribution is 5.89. The number of carbonyl (C=O) groups is 1. The van der Waals surface area contributed by atoms with Crippen LogP contribution in [0.5, 0.6) is 5.75 Å². The van der Waals surface area contributed by atoms with Crippen molar-refractivity contribution >= 4 is 17.3 Å². The lowest BCUT2D eigenvalue weighted by atomic mass is 10.1. The van der Waals surface area contributed by atoms with Gasteiger partial charge in [-0.2, -0.15) is 13.2 Å². The summed E-state index contributed by atoms with van der Waals surface area (Å²) in [4.78, 5) is 15.7. The van der Waals surface area contributed by atoms with E-state index in [1.165, 1.54) is 19.1 Å². The van der Waals surface area contributed by atoms with Crippen LogP contribution < -0.4 is 15.0 Å². The Morgan fingerprint density at radius 2 is 1.83 bits per heavy atom. The molecule has 0 atom stereocenters. The topological polar surface area (TPSA) is 44.8 Å². The maximum absolute atomic E-state index is 13.0. The molecule has 1 N–H and O–H groups in total. The van der Waals surface area contributed by atoms with Crippen LogP contribution in [0.25, 0.3) is 0 Å². The maximum Gasteiger partial charge on any atom is 0.416 e. The summed E-state index contributed by atoms with van der Waals surface area (Å²) < 4.78 is 44.2. The van der Waals surface area contributed by atoms with Crippen LogP contribution in [0.4, 0.5) is 24.5 Å². The fourth-order valence-corrected chi connectivity index (χ4v) is 3.60. The van der Waals surface area contributed by atoms with Gasteiger partial charge in [0.25, 0.3) is 0 Å². The number of carbonyl (C=O) groups excluding carboxylic acids is 1. The average Bonchev–Trinajstić information content (AvgIpc) is 2.72. The van der Waals surface area contributed by atoms with Crippen LogP contribution in [0.15, 0.2) is 42.5 Å². The molecule has 1 amide bonds. The molecule has 0 spiro atoms. The van der Waals surface area contributed by atoms with E-state index in [0.717, 1.165) is 49.1 Å². The Bertz CT molecular complexity index is 878. The van der Waals surface area contributed by atoms with Crippen LogP contribution in [0.3, 0.4) is 0 Å². The van der Waals surface area contributed by atoms with E-state index in [9.17, 15) is 18.0 Å². The molecule has 1 fully saturated rings. The first-order valence-corrected chi connectivity index (χ1v) is 9.85. The zero-order valence-corrected chi connectivity index (χ0v) is 17.1. The zero-order chi connectivity index (χ0) is 21.7. The highest BCUT2D eigenvalue weighted by atomic mass is 19.4. The molecule has 2 aromatic carbocycles. The third-order valence-electron chi connectivity index (χ3n) is 5.23. The Balaban J connectivity index is 1.59. The summed E-state index contributed by atoms with van der Waals surface area (Å²) in [7, 11) is 1.60. The van der Waals surface area contributed by atoms with Crippen molar-refractivity contribution in [1.29, 1.82) is 0 Å². The van der Waals surface area contributed by atoms with Crippen molar-refractivity contribution in [3.8, 4) is 5.75 Å². The smallest absolute Gasteiger partial charge is 0.416 e. The van der Waals surface area contributed by atoms with Crippen LogP contribution >= 0.6 is 0 Å². The molecule has 2 aromatic rings. The van der Waals surface area contributed by atoms with Gasteiger partial charge in [0.15, 0.2) is 0 Å². The summed E-state index contributed by atoms with van der Waals surface area (Å²) in [5, 5.41) is 2.85. The van der Waals surface area contributed by atoms with Crippen molar-refractivity contribution in [1.82, 2.24) is 4.90 Å². The van der Waals surface area contributed by atoms with Crippen LogP contribution in [0.1, 0.15) is 18.1 Å². The number of hydrogen-bond donors (Lipinski definition) is 1. The number of alkyl halides is 3. The van der Waals surface area contributed by atoms with Crippen molar-refractivity contribution in [2.75, 3.05) is 50.1 Å². The first-order chi connectivity index (χ1) is 14.3. The van der Waals surface area contributed by atoms with Gasteiger partial charge >= 0.3 is 6.18 Å². The van der Waals surface area contributed by atoms with Gasteiger partial charge in [0, 0.05) is 51.0 Å². The molecule has 0 aliphatic carbocycles. The van der Waals surface area contributed by atoms with Gasteiger partial charge in [-0.15, -0.1) is 0 Å². The predicted molar refractivity (Wildman–Crippen MR) is 111 cm³/mol. The maximum atomic E-state index is 13.0. The van der Waals surface area contributed by atoms with Gasteiger partial charge < -0.3 is 15.0 Å². The summed E-state index contributed by atoms with van der Waals surface area (Å²) in [6.45, 7) is 5.11. The van der Waals surface area contributed by atoms with Gasteiger partial charge in [0.05, 0.1) is 12.7 Å².